The van der Waals surface area contributed by atoms with Crippen molar-refractivity contribution in [1.29, 1.82) is 0 Å². The highest BCUT2D eigenvalue weighted by Crippen LogP contribution is 2.18. The second-order valence-electron chi connectivity index (χ2n) is 33.3. The molecule has 0 amide bonds. The Hall–Kier alpha value is -3.34. The number of carbonyl (C=O) groups excluding carboxylic acids is 6. The first-order chi connectivity index (χ1) is 55.0. The minimum atomic E-state index is -0.236. The summed E-state index contributed by atoms with van der Waals surface area (Å²) in [6.07, 6.45) is 73.4. The largest absolute Gasteiger partial charge is 0.466 e. The van der Waals surface area contributed by atoms with E-state index in [4.69, 9.17) is 28.4 Å². The Kier molecular flexibility index (Phi) is 87.3. The van der Waals surface area contributed by atoms with Crippen molar-refractivity contribution in [2.24, 2.45) is 0 Å². The average Bonchev–Trinajstić information content (AvgIpc) is 0.923. The van der Waals surface area contributed by atoms with Crippen molar-refractivity contribution in [3.05, 3.63) is 0 Å². The van der Waals surface area contributed by atoms with Crippen molar-refractivity contribution in [1.82, 2.24) is 19.6 Å². The van der Waals surface area contributed by atoms with Gasteiger partial charge >= 0.3 is 35.8 Å². The standard InChI is InChI=1S/C96H186N4O12/c1-7-13-19-25-31-37-43-49-55-61-85-107-91(101)67-73-97(74-68-92(102)108-86-62-56-50-44-38-32-26-20-14-8-2)79-81-99(77-71-95(105)111-89-65-59-53-47-41-35-29-23-17-11-5)83-84-100(78-72-96(106)112-90-66-60-54-48-42-36-30-24-18-12-6)82-80-98(75-69-93(103)109-87-63-57-51-45-39-33-27-21-15-9-3)76-70-94(104)110-88-64-58-52-46-40-34-28-22-16-10-4/h7-90H2,1-6H3. The van der Waals surface area contributed by atoms with E-state index in [1.807, 2.05) is 0 Å². The Morgan fingerprint density at radius 2 is 0.241 bits per heavy atom. The zero-order valence-electron chi connectivity index (χ0n) is 75.1. The van der Waals surface area contributed by atoms with Crippen molar-refractivity contribution in [2.45, 2.75) is 465 Å². The quantitative estimate of drug-likeness (QED) is 0.0320. The fourth-order valence-corrected chi connectivity index (χ4v) is 14.8. The molecule has 0 rings (SSSR count). The highest BCUT2D eigenvalue weighted by Gasteiger charge is 2.21. The molecular weight excluding hydrogens is 1400 g/mol. The topological polar surface area (TPSA) is 171 Å². The van der Waals surface area contributed by atoms with Crippen LogP contribution >= 0.6 is 0 Å². The fraction of sp³-hybridized carbons (Fsp3) is 0.938. The molecule has 0 heterocycles. The van der Waals surface area contributed by atoms with Gasteiger partial charge in [0.05, 0.1) is 78.2 Å². The van der Waals surface area contributed by atoms with E-state index in [9.17, 15) is 28.8 Å². The molecule has 0 saturated carbocycles. The van der Waals surface area contributed by atoms with Crippen LogP contribution in [0.5, 0.6) is 0 Å². The summed E-state index contributed by atoms with van der Waals surface area (Å²) in [6.45, 7) is 21.8. The zero-order valence-corrected chi connectivity index (χ0v) is 75.1. The molecular formula is C96H186N4O12. The first kappa shape index (κ1) is 109. The van der Waals surface area contributed by atoms with Gasteiger partial charge < -0.3 is 48.0 Å². The third kappa shape index (κ3) is 83.2. The first-order valence-corrected chi connectivity index (χ1v) is 48.8. The molecule has 0 aromatic heterocycles. The Bertz CT molecular complexity index is 1800. The second kappa shape index (κ2) is 90.0. The molecule has 16 nitrogen and oxygen atoms in total. The van der Waals surface area contributed by atoms with Crippen LogP contribution in [0.25, 0.3) is 0 Å². The number of nitrogens with zero attached hydrogens (tertiary/aromatic N) is 4. The number of esters is 6. The molecule has 0 saturated heterocycles. The lowest BCUT2D eigenvalue weighted by molar-refractivity contribution is -0.146. The normalized spacial score (nSPS) is 11.6. The molecule has 0 aromatic rings. The second-order valence-corrected chi connectivity index (χ2v) is 33.3. The Morgan fingerprint density at radius 1 is 0.143 bits per heavy atom. The summed E-state index contributed by atoms with van der Waals surface area (Å²) in [5.74, 6) is -1.40. The predicted octanol–water partition coefficient (Wildman–Crippen LogP) is 25.3. The van der Waals surface area contributed by atoms with E-state index in [0.717, 1.165) is 116 Å². The van der Waals surface area contributed by atoms with Crippen LogP contribution in [0, 0.1) is 0 Å². The molecule has 0 aliphatic rings. The van der Waals surface area contributed by atoms with Gasteiger partial charge in [-0.2, -0.15) is 0 Å². The smallest absolute Gasteiger partial charge is 0.307 e. The van der Waals surface area contributed by atoms with Gasteiger partial charge in [0, 0.05) is 78.5 Å². The lowest BCUT2D eigenvalue weighted by Crippen LogP contribution is -2.44. The highest BCUT2D eigenvalue weighted by molar-refractivity contribution is 5.71. The van der Waals surface area contributed by atoms with Crippen LogP contribution in [0.4, 0.5) is 0 Å². The summed E-state index contributed by atoms with van der Waals surface area (Å²) in [5, 5.41) is 0. The van der Waals surface area contributed by atoms with Crippen LogP contribution in [-0.4, -0.2) is 174 Å². The van der Waals surface area contributed by atoms with E-state index < -0.39 is 0 Å². The predicted molar refractivity (Wildman–Crippen MR) is 470 cm³/mol. The number of hydrogen-bond donors (Lipinski definition) is 0. The summed E-state index contributed by atoms with van der Waals surface area (Å²) >= 11 is 0. The third-order valence-electron chi connectivity index (χ3n) is 22.6. The van der Waals surface area contributed by atoms with Crippen LogP contribution in [0.1, 0.15) is 465 Å². The summed E-state index contributed by atoms with van der Waals surface area (Å²) < 4.78 is 35.1. The molecule has 0 aliphatic heterocycles. The molecule has 0 unspecified atom stereocenters. The molecule has 0 radical (unpaired) electrons. The van der Waals surface area contributed by atoms with Gasteiger partial charge in [-0.25, -0.2) is 0 Å². The molecule has 0 bridgehead atoms. The lowest BCUT2D eigenvalue weighted by atomic mass is 10.1. The van der Waals surface area contributed by atoms with Crippen molar-refractivity contribution in [3.63, 3.8) is 0 Å². The summed E-state index contributed by atoms with van der Waals surface area (Å²) in [7, 11) is 0. The van der Waals surface area contributed by atoms with E-state index in [2.05, 4.69) is 61.1 Å². The van der Waals surface area contributed by atoms with Gasteiger partial charge in [0.2, 0.25) is 0 Å². The maximum atomic E-state index is 13.7. The van der Waals surface area contributed by atoms with Crippen LogP contribution in [-0.2, 0) is 57.2 Å². The highest BCUT2D eigenvalue weighted by atomic mass is 16.6. The van der Waals surface area contributed by atoms with Crippen LogP contribution in [0.3, 0.4) is 0 Å². The molecule has 0 aliphatic carbocycles. The SMILES string of the molecule is CCCCCCCCCCCCOC(=O)CCN(CCC(=O)OCCCCCCCCCCCC)CCN(CCC(=O)OCCCCCCCCCCCC)CCN(CCC(=O)OCCCCCCCCCCCC)CCN(CCC(=O)OCCCCCCCCCCCC)CCC(=O)OCCCCCCCCCCCC. The van der Waals surface area contributed by atoms with Gasteiger partial charge in [-0.3, -0.25) is 28.8 Å². The molecule has 0 atom stereocenters. The molecule has 662 valence electrons. The Labute approximate surface area is 692 Å². The maximum absolute atomic E-state index is 13.7. The first-order valence-electron chi connectivity index (χ1n) is 48.8. The van der Waals surface area contributed by atoms with Crippen LogP contribution in [0.2, 0.25) is 0 Å². The molecule has 0 aromatic carbocycles. The van der Waals surface area contributed by atoms with Crippen molar-refractivity contribution < 1.29 is 57.2 Å². The minimum absolute atomic E-state index is 0.199. The van der Waals surface area contributed by atoms with E-state index in [1.165, 1.54) is 270 Å². The number of carbonyl (C=O) groups is 6. The maximum Gasteiger partial charge on any atom is 0.307 e. The van der Waals surface area contributed by atoms with Gasteiger partial charge in [0.1, 0.15) is 0 Å². The summed E-state index contributed by atoms with van der Waals surface area (Å²) in [4.78, 5) is 90.1. The number of unbranched alkanes of at least 4 members (excludes halogenated alkanes) is 54. The minimum Gasteiger partial charge on any atom is -0.466 e. The molecule has 112 heavy (non-hydrogen) atoms. The molecule has 16 heteroatoms. The van der Waals surface area contributed by atoms with E-state index in [1.54, 1.807) is 0 Å². The van der Waals surface area contributed by atoms with Crippen LogP contribution < -0.4 is 0 Å². The molecule has 0 N–H and O–H groups in total. The van der Waals surface area contributed by atoms with Gasteiger partial charge in [0.25, 0.3) is 0 Å². The van der Waals surface area contributed by atoms with Crippen molar-refractivity contribution >= 4 is 35.8 Å². The third-order valence-corrected chi connectivity index (χ3v) is 22.6. The van der Waals surface area contributed by atoms with E-state index in [0.29, 0.717) is 118 Å². The number of rotatable bonds is 93. The van der Waals surface area contributed by atoms with Gasteiger partial charge in [-0.05, 0) is 38.5 Å². The van der Waals surface area contributed by atoms with Crippen molar-refractivity contribution in [2.75, 3.05) is 118 Å². The summed E-state index contributed by atoms with van der Waals surface area (Å²) in [5.41, 5.74) is 0. The van der Waals surface area contributed by atoms with Gasteiger partial charge in [-0.1, -0.05) is 388 Å². The summed E-state index contributed by atoms with van der Waals surface area (Å²) in [6, 6.07) is 0. The number of hydrogen-bond acceptors (Lipinski definition) is 16. The Morgan fingerprint density at radius 3 is 0.357 bits per heavy atom. The fourth-order valence-electron chi connectivity index (χ4n) is 14.8. The van der Waals surface area contributed by atoms with Crippen molar-refractivity contribution in [3.8, 4) is 0 Å². The number of ether oxygens (including phenoxy) is 6. The molecule has 0 fully saturated rings. The van der Waals surface area contributed by atoms with Gasteiger partial charge in [0.15, 0.2) is 0 Å². The lowest BCUT2D eigenvalue weighted by Gasteiger charge is -2.31. The monoisotopic (exact) mass is 1590 g/mol. The molecule has 0 spiro atoms. The van der Waals surface area contributed by atoms with E-state index in [-0.39, 0.29) is 74.3 Å². The van der Waals surface area contributed by atoms with E-state index >= 15 is 0 Å². The van der Waals surface area contributed by atoms with Crippen LogP contribution in [0.15, 0.2) is 0 Å². The Balaban J connectivity index is 6.79. The zero-order chi connectivity index (χ0) is 81.4. The average molecular weight is 1590 g/mol. The van der Waals surface area contributed by atoms with Gasteiger partial charge in [-0.15, -0.1) is 0 Å².